The topological polar surface area (TPSA) is 50.4 Å². The zero-order chi connectivity index (χ0) is 24.1. The largest absolute Gasteiger partial charge is 0.462 e. The van der Waals surface area contributed by atoms with Gasteiger partial charge in [0.25, 0.3) is 0 Å². The highest BCUT2D eigenvalue weighted by molar-refractivity contribution is 7.80. The molecule has 0 saturated carbocycles. The molecule has 1 aromatic heterocycles. The van der Waals surface area contributed by atoms with Crippen LogP contribution in [0.2, 0.25) is 0 Å². The van der Waals surface area contributed by atoms with Crippen LogP contribution in [-0.2, 0) is 4.74 Å². The number of thiophene rings is 1. The summed E-state index contributed by atoms with van der Waals surface area (Å²) in [6.45, 7) is 12.8. The molecule has 0 radical (unpaired) electrons. The molecule has 4 nitrogen and oxygen atoms in total. The number of carbonyl (C=O) groups excluding carboxylic acids is 1. The van der Waals surface area contributed by atoms with Crippen molar-refractivity contribution in [1.29, 1.82) is 0 Å². The minimum absolute atomic E-state index is 0.309. The summed E-state index contributed by atoms with van der Waals surface area (Å²) in [6, 6.07) is 16.3. The van der Waals surface area contributed by atoms with E-state index in [1.807, 2.05) is 44.2 Å². The summed E-state index contributed by atoms with van der Waals surface area (Å²) in [5, 5.41) is 7.88. The smallest absolute Gasteiger partial charge is 0.341 e. The first-order valence-electron chi connectivity index (χ1n) is 11.3. The maximum absolute atomic E-state index is 13.0. The molecule has 3 aromatic rings. The second-order valence-corrected chi connectivity index (χ2v) is 10.2. The van der Waals surface area contributed by atoms with E-state index in [2.05, 4.69) is 56.5 Å². The van der Waals surface area contributed by atoms with E-state index in [-0.39, 0.29) is 5.97 Å². The fraction of sp³-hybridized carbons (Fsp3) is 0.333. The van der Waals surface area contributed by atoms with Crippen LogP contribution < -0.4 is 10.6 Å². The zero-order valence-electron chi connectivity index (χ0n) is 20.1. The van der Waals surface area contributed by atoms with Crippen LogP contribution in [0.5, 0.6) is 0 Å². The summed E-state index contributed by atoms with van der Waals surface area (Å²) >= 11 is 7.23. The summed E-state index contributed by atoms with van der Waals surface area (Å²) in [7, 11) is 0. The molecule has 2 N–H and O–H groups in total. The number of ether oxygens (including phenoxy) is 1. The molecule has 2 aromatic carbocycles. The van der Waals surface area contributed by atoms with Crippen LogP contribution in [0.1, 0.15) is 72.8 Å². The van der Waals surface area contributed by atoms with Crippen molar-refractivity contribution in [3.63, 3.8) is 0 Å². The van der Waals surface area contributed by atoms with E-state index in [0.717, 1.165) is 21.7 Å². The Hall–Kier alpha value is -2.70. The lowest BCUT2D eigenvalue weighted by Crippen LogP contribution is -2.22. The monoisotopic (exact) mass is 480 g/mol. The van der Waals surface area contributed by atoms with Gasteiger partial charge < -0.3 is 15.4 Å². The van der Waals surface area contributed by atoms with E-state index in [9.17, 15) is 4.79 Å². The van der Waals surface area contributed by atoms with Crippen LogP contribution in [0, 0.1) is 6.92 Å². The third-order valence-corrected chi connectivity index (χ3v) is 6.69. The van der Waals surface area contributed by atoms with Crippen LogP contribution in [0.4, 0.5) is 10.7 Å². The van der Waals surface area contributed by atoms with E-state index in [1.165, 1.54) is 22.5 Å². The lowest BCUT2D eigenvalue weighted by atomic mass is 9.93. The van der Waals surface area contributed by atoms with Crippen molar-refractivity contribution < 1.29 is 9.53 Å². The Morgan fingerprint density at radius 3 is 2.12 bits per heavy atom. The Labute approximate surface area is 206 Å². The van der Waals surface area contributed by atoms with Crippen molar-refractivity contribution in [2.45, 2.75) is 53.4 Å². The molecule has 0 fully saturated rings. The van der Waals surface area contributed by atoms with Crippen LogP contribution >= 0.6 is 23.6 Å². The Morgan fingerprint density at radius 1 is 0.970 bits per heavy atom. The first kappa shape index (κ1) is 24.9. The van der Waals surface area contributed by atoms with Crippen molar-refractivity contribution in [3.05, 3.63) is 70.1 Å². The molecule has 1 heterocycles. The van der Waals surface area contributed by atoms with E-state index < -0.39 is 0 Å². The maximum atomic E-state index is 13.0. The maximum Gasteiger partial charge on any atom is 0.341 e. The summed E-state index contributed by atoms with van der Waals surface area (Å²) in [4.78, 5) is 14.0. The number of hydrogen-bond acceptors (Lipinski definition) is 4. The van der Waals surface area contributed by atoms with Gasteiger partial charge in [0, 0.05) is 16.1 Å². The molecule has 0 aliphatic heterocycles. The number of hydrogen-bond donors (Lipinski definition) is 2. The SMILES string of the molecule is CCOC(=O)c1c(NC(=S)Nc2c(C(C)C)cccc2C(C)C)sc(C)c1-c1ccccc1. The number of rotatable bonds is 7. The average molecular weight is 481 g/mol. The summed E-state index contributed by atoms with van der Waals surface area (Å²) in [6.07, 6.45) is 0. The van der Waals surface area contributed by atoms with Crippen molar-refractivity contribution >= 4 is 45.3 Å². The first-order chi connectivity index (χ1) is 15.7. The highest BCUT2D eigenvalue weighted by Crippen LogP contribution is 2.40. The van der Waals surface area contributed by atoms with Gasteiger partial charge in [-0.25, -0.2) is 4.79 Å². The van der Waals surface area contributed by atoms with Crippen molar-refractivity contribution in [2.75, 3.05) is 17.2 Å². The highest BCUT2D eigenvalue weighted by Gasteiger charge is 2.25. The normalized spacial score (nSPS) is 11.0. The Bertz CT molecular complexity index is 1110. The summed E-state index contributed by atoms with van der Waals surface area (Å²) in [5.41, 5.74) is 5.85. The van der Waals surface area contributed by atoms with Crippen LogP contribution in [0.15, 0.2) is 48.5 Å². The molecule has 0 saturated heterocycles. The molecule has 0 unspecified atom stereocenters. The zero-order valence-corrected chi connectivity index (χ0v) is 21.7. The lowest BCUT2D eigenvalue weighted by molar-refractivity contribution is 0.0529. The number of nitrogens with one attached hydrogen (secondary N) is 2. The third-order valence-electron chi connectivity index (χ3n) is 5.46. The van der Waals surface area contributed by atoms with Crippen LogP contribution in [-0.4, -0.2) is 17.7 Å². The molecule has 0 spiro atoms. The van der Waals surface area contributed by atoms with Gasteiger partial charge in [-0.1, -0.05) is 76.2 Å². The van der Waals surface area contributed by atoms with Crippen LogP contribution in [0.25, 0.3) is 11.1 Å². The number of anilines is 2. The average Bonchev–Trinajstić information content (AvgIpc) is 3.09. The molecule has 0 bridgehead atoms. The van der Waals surface area contributed by atoms with E-state index in [4.69, 9.17) is 17.0 Å². The quantitative estimate of drug-likeness (QED) is 0.265. The standard InChI is InChI=1S/C27H32N2O2S2/c1-7-31-26(30)23-22(19-12-9-8-10-13-19)18(6)33-25(23)29-27(32)28-24-20(16(2)3)14-11-15-21(24)17(4)5/h8-17H,7H2,1-6H3,(H2,28,29,32). The van der Waals surface area contributed by atoms with Gasteiger partial charge in [0.1, 0.15) is 10.6 Å². The molecule has 0 amide bonds. The second-order valence-electron chi connectivity index (χ2n) is 8.52. The van der Waals surface area contributed by atoms with E-state index in [0.29, 0.717) is 34.1 Å². The number of benzene rings is 2. The van der Waals surface area contributed by atoms with Gasteiger partial charge in [0.2, 0.25) is 0 Å². The van der Waals surface area contributed by atoms with Gasteiger partial charge in [-0.15, -0.1) is 11.3 Å². The predicted octanol–water partition coefficient (Wildman–Crippen LogP) is 7.96. The Balaban J connectivity index is 2.00. The van der Waals surface area contributed by atoms with Gasteiger partial charge in [0.05, 0.1) is 6.61 Å². The number of esters is 1. The van der Waals surface area contributed by atoms with Gasteiger partial charge >= 0.3 is 5.97 Å². The molecule has 174 valence electrons. The number of aryl methyl sites for hydroxylation is 1. The van der Waals surface area contributed by atoms with Crippen molar-refractivity contribution in [2.24, 2.45) is 0 Å². The molecular formula is C27H32N2O2S2. The fourth-order valence-corrected chi connectivity index (χ4v) is 5.26. The second kappa shape index (κ2) is 10.9. The summed E-state index contributed by atoms with van der Waals surface area (Å²) < 4.78 is 5.41. The number of thiocarbonyl (C=S) groups is 1. The van der Waals surface area contributed by atoms with E-state index in [1.54, 1.807) is 0 Å². The Kier molecular flexibility index (Phi) is 8.27. The molecule has 0 atom stereocenters. The molecule has 6 heteroatoms. The fourth-order valence-electron chi connectivity index (χ4n) is 3.93. The molecule has 3 rings (SSSR count). The van der Waals surface area contributed by atoms with E-state index >= 15 is 0 Å². The molecule has 33 heavy (non-hydrogen) atoms. The van der Waals surface area contributed by atoms with Gasteiger partial charge in [0.15, 0.2) is 5.11 Å². The van der Waals surface area contributed by atoms with Gasteiger partial charge in [-0.3, -0.25) is 0 Å². The van der Waals surface area contributed by atoms with Crippen molar-refractivity contribution in [1.82, 2.24) is 0 Å². The molecule has 0 aliphatic carbocycles. The summed E-state index contributed by atoms with van der Waals surface area (Å²) in [5.74, 6) is 0.340. The van der Waals surface area contributed by atoms with Crippen LogP contribution in [0.3, 0.4) is 0 Å². The van der Waals surface area contributed by atoms with Gasteiger partial charge in [-0.05, 0) is 54.6 Å². The van der Waals surface area contributed by atoms with Gasteiger partial charge in [-0.2, -0.15) is 0 Å². The number of para-hydroxylation sites is 1. The Morgan fingerprint density at radius 2 is 1.58 bits per heavy atom. The number of carbonyl (C=O) groups is 1. The predicted molar refractivity (Wildman–Crippen MR) is 145 cm³/mol. The third kappa shape index (κ3) is 5.63. The minimum atomic E-state index is -0.351. The lowest BCUT2D eigenvalue weighted by Gasteiger charge is -2.21. The molecular weight excluding hydrogens is 448 g/mol. The molecule has 0 aliphatic rings. The minimum Gasteiger partial charge on any atom is -0.462 e. The first-order valence-corrected chi connectivity index (χ1v) is 12.5. The van der Waals surface area contributed by atoms with Crippen molar-refractivity contribution in [3.8, 4) is 11.1 Å². The highest BCUT2D eigenvalue weighted by atomic mass is 32.1.